The second-order valence-corrected chi connectivity index (χ2v) is 12.4. The van der Waals surface area contributed by atoms with Gasteiger partial charge in [0.15, 0.2) is 5.28 Å². The summed E-state index contributed by atoms with van der Waals surface area (Å²) in [4.78, 5) is 0. The molecule has 0 unspecified atom stereocenters. The van der Waals surface area contributed by atoms with Gasteiger partial charge in [-0.05, 0) is 51.1 Å². The summed E-state index contributed by atoms with van der Waals surface area (Å²) in [6.45, 7) is 5.52. The fourth-order valence-corrected chi connectivity index (χ4v) is 8.95. The highest BCUT2D eigenvalue weighted by atomic mass is 31.2. The second kappa shape index (κ2) is 10.8. The van der Waals surface area contributed by atoms with Crippen molar-refractivity contribution < 1.29 is 22.9 Å². The van der Waals surface area contributed by atoms with E-state index in [-0.39, 0.29) is 13.2 Å². The van der Waals surface area contributed by atoms with Crippen LogP contribution in [0.5, 0.6) is 5.75 Å². The van der Waals surface area contributed by atoms with Crippen molar-refractivity contribution in [3.63, 3.8) is 0 Å². The quantitative estimate of drug-likeness (QED) is 0.352. The average Bonchev–Trinajstić information content (AvgIpc) is 2.85. The van der Waals surface area contributed by atoms with Crippen LogP contribution in [0.3, 0.4) is 0 Å². The molecule has 0 heterocycles. The van der Waals surface area contributed by atoms with Gasteiger partial charge in [-0.2, -0.15) is 0 Å². The van der Waals surface area contributed by atoms with E-state index in [0.717, 1.165) is 0 Å². The zero-order chi connectivity index (χ0) is 24.0. The Labute approximate surface area is 196 Å². The van der Waals surface area contributed by atoms with Crippen molar-refractivity contribution >= 4 is 25.5 Å². The normalized spacial score (nSPS) is 13.9. The summed E-state index contributed by atoms with van der Waals surface area (Å²) in [5.74, 6) is 0.486. The van der Waals surface area contributed by atoms with E-state index < -0.39 is 20.2 Å². The summed E-state index contributed by atoms with van der Waals surface area (Å²) < 4.78 is 46.4. The fraction of sp³-hybridized carbons (Fsp3) is 0.280. The molecule has 0 saturated carbocycles. The molecule has 0 saturated heterocycles. The second-order valence-electron chi connectivity index (χ2n) is 7.50. The zero-order valence-corrected chi connectivity index (χ0v) is 21.2. The lowest BCUT2D eigenvalue weighted by molar-refractivity contribution is 0.194. The van der Waals surface area contributed by atoms with Crippen molar-refractivity contribution in [2.24, 2.45) is 0 Å². The first kappa shape index (κ1) is 25.4. The van der Waals surface area contributed by atoms with E-state index in [1.165, 1.54) is 0 Å². The van der Waals surface area contributed by atoms with Crippen molar-refractivity contribution in [1.29, 1.82) is 0 Å². The number of ether oxygens (including phenoxy) is 1. The Morgan fingerprint density at radius 3 is 1.67 bits per heavy atom. The molecule has 33 heavy (non-hydrogen) atoms. The third kappa shape index (κ3) is 5.01. The maximum absolute atomic E-state index is 14.9. The van der Waals surface area contributed by atoms with Crippen LogP contribution in [-0.4, -0.2) is 20.3 Å². The molecule has 176 valence electrons. The van der Waals surface area contributed by atoms with Crippen LogP contribution in [-0.2, 0) is 23.5 Å². The van der Waals surface area contributed by atoms with Crippen LogP contribution < -0.4 is 20.4 Å². The zero-order valence-electron chi connectivity index (χ0n) is 19.4. The smallest absolute Gasteiger partial charge is 0.355 e. The summed E-state index contributed by atoms with van der Waals surface area (Å²) in [7, 11) is -5.89. The molecular formula is C25H31NO5P2. The van der Waals surface area contributed by atoms with E-state index in [4.69, 9.17) is 13.8 Å². The Hall–Kier alpha value is -2.20. The molecule has 0 aliphatic carbocycles. The number of rotatable bonds is 11. The number of benzene rings is 3. The van der Waals surface area contributed by atoms with Gasteiger partial charge in [-0.25, -0.2) is 5.09 Å². The maximum Gasteiger partial charge on any atom is 0.355 e. The lowest BCUT2D eigenvalue weighted by atomic mass is 10.1. The summed E-state index contributed by atoms with van der Waals surface area (Å²) in [6, 6.07) is 25.5. The highest BCUT2D eigenvalue weighted by molar-refractivity contribution is 7.77. The molecule has 1 atom stereocenters. The third-order valence-electron chi connectivity index (χ3n) is 5.39. The highest BCUT2D eigenvalue weighted by Crippen LogP contribution is 2.67. The molecule has 0 fully saturated rings. The van der Waals surface area contributed by atoms with Crippen LogP contribution in [0.15, 0.2) is 84.9 Å². The van der Waals surface area contributed by atoms with Crippen LogP contribution in [0.2, 0.25) is 0 Å². The lowest BCUT2D eigenvalue weighted by Crippen LogP contribution is -2.43. The Bertz CT molecular complexity index is 1090. The van der Waals surface area contributed by atoms with Crippen molar-refractivity contribution in [2.45, 2.75) is 26.1 Å². The maximum atomic E-state index is 14.9. The largest absolute Gasteiger partial charge is 0.496 e. The molecule has 3 aromatic rings. The summed E-state index contributed by atoms with van der Waals surface area (Å²) in [6.07, 6.45) is 0. The predicted molar refractivity (Wildman–Crippen MR) is 134 cm³/mol. The molecule has 0 aliphatic rings. The molecule has 0 bridgehead atoms. The first-order chi connectivity index (χ1) is 15.8. The van der Waals surface area contributed by atoms with Gasteiger partial charge in [-0.3, -0.25) is 9.13 Å². The topological polar surface area (TPSA) is 73.9 Å². The minimum Gasteiger partial charge on any atom is -0.496 e. The molecule has 3 rings (SSSR count). The Morgan fingerprint density at radius 2 is 1.21 bits per heavy atom. The lowest BCUT2D eigenvalue weighted by Gasteiger charge is -2.40. The monoisotopic (exact) mass is 487 g/mol. The molecule has 0 aromatic heterocycles. The van der Waals surface area contributed by atoms with Gasteiger partial charge in [-0.1, -0.05) is 54.6 Å². The summed E-state index contributed by atoms with van der Waals surface area (Å²) >= 11 is 0. The standard InChI is InChI=1S/C25H31NO5P2/c1-5-30-33(28,31-6-2)25(3,23-19-13-14-20-24(23)29-4)26-32(27,21-15-9-7-10-16-21)22-17-11-8-12-18-22/h7-20H,5-6H2,1-4H3,(H,26,27)/t25-/m0/s1. The van der Waals surface area contributed by atoms with Crippen molar-refractivity contribution in [1.82, 2.24) is 5.09 Å². The van der Waals surface area contributed by atoms with Gasteiger partial charge in [0.1, 0.15) is 5.75 Å². The van der Waals surface area contributed by atoms with E-state index in [9.17, 15) is 9.13 Å². The average molecular weight is 487 g/mol. The van der Waals surface area contributed by atoms with E-state index in [0.29, 0.717) is 21.9 Å². The fourth-order valence-electron chi connectivity index (χ4n) is 3.81. The molecule has 3 aromatic carbocycles. The number of hydrogen-bond donors (Lipinski definition) is 1. The van der Waals surface area contributed by atoms with E-state index in [1.807, 2.05) is 48.5 Å². The molecule has 0 spiro atoms. The highest BCUT2D eigenvalue weighted by Gasteiger charge is 2.53. The summed E-state index contributed by atoms with van der Waals surface area (Å²) in [5, 5.41) is 2.97. The Morgan fingerprint density at radius 1 is 0.758 bits per heavy atom. The van der Waals surface area contributed by atoms with Gasteiger partial charge in [0.25, 0.3) is 0 Å². The number of nitrogens with one attached hydrogen (secondary N) is 1. The van der Waals surface area contributed by atoms with Gasteiger partial charge in [0, 0.05) is 16.2 Å². The van der Waals surface area contributed by atoms with Crippen molar-refractivity contribution in [3.8, 4) is 5.75 Å². The van der Waals surface area contributed by atoms with E-state index >= 15 is 0 Å². The molecular weight excluding hydrogens is 456 g/mol. The van der Waals surface area contributed by atoms with Crippen LogP contribution in [0.4, 0.5) is 0 Å². The van der Waals surface area contributed by atoms with E-state index in [1.54, 1.807) is 64.3 Å². The predicted octanol–water partition coefficient (Wildman–Crippen LogP) is 5.65. The molecule has 1 N–H and O–H groups in total. The van der Waals surface area contributed by atoms with E-state index in [2.05, 4.69) is 5.09 Å². The minimum atomic E-state index is -3.90. The van der Waals surface area contributed by atoms with Crippen molar-refractivity contribution in [2.75, 3.05) is 20.3 Å². The molecule has 0 aliphatic heterocycles. The number of para-hydroxylation sites is 1. The van der Waals surface area contributed by atoms with Crippen LogP contribution >= 0.6 is 14.9 Å². The SMILES string of the molecule is CCOP(=O)(OCC)[C@](C)(NP(=O)(c1ccccc1)c1ccccc1)c1ccccc1OC. The van der Waals surface area contributed by atoms with Crippen LogP contribution in [0, 0.1) is 0 Å². The van der Waals surface area contributed by atoms with Crippen LogP contribution in [0.1, 0.15) is 26.3 Å². The van der Waals surface area contributed by atoms with Crippen molar-refractivity contribution in [3.05, 3.63) is 90.5 Å². The molecule has 6 nitrogen and oxygen atoms in total. The first-order valence-electron chi connectivity index (χ1n) is 10.9. The first-order valence-corrected chi connectivity index (χ1v) is 14.1. The van der Waals surface area contributed by atoms with Gasteiger partial charge in [0.2, 0.25) is 7.29 Å². The molecule has 0 amide bonds. The van der Waals surface area contributed by atoms with Gasteiger partial charge < -0.3 is 13.8 Å². The molecule has 8 heteroatoms. The third-order valence-corrected chi connectivity index (χ3v) is 11.0. The Balaban J connectivity index is 2.32. The number of hydrogen-bond acceptors (Lipinski definition) is 5. The number of methoxy groups -OCH3 is 1. The Kier molecular flexibility index (Phi) is 8.33. The van der Waals surface area contributed by atoms with Gasteiger partial charge in [-0.15, -0.1) is 0 Å². The molecule has 0 radical (unpaired) electrons. The van der Waals surface area contributed by atoms with Crippen LogP contribution in [0.25, 0.3) is 0 Å². The minimum absolute atomic E-state index is 0.157. The van der Waals surface area contributed by atoms with Gasteiger partial charge >= 0.3 is 7.60 Å². The van der Waals surface area contributed by atoms with Gasteiger partial charge in [0.05, 0.1) is 20.3 Å². The summed E-state index contributed by atoms with van der Waals surface area (Å²) in [5.41, 5.74) is 0.532.